The number of hydrogen-bond donors (Lipinski definition) is 3. The molecule has 0 bridgehead atoms. The number of hydrogen-bond acceptors (Lipinski definition) is 7. The Labute approximate surface area is 185 Å². The second kappa shape index (κ2) is 9.88. The number of carbonyl (C=O) groups is 1. The van der Waals surface area contributed by atoms with Crippen molar-refractivity contribution < 1.29 is 19.0 Å². The predicted octanol–water partition coefficient (Wildman–Crippen LogP) is 2.25. The number of ether oxygens (including phenoxy) is 1. The zero-order valence-corrected chi connectivity index (χ0v) is 17.9. The smallest absolute Gasteiger partial charge is 0.251 e. The van der Waals surface area contributed by atoms with E-state index >= 15 is 0 Å². The fourth-order valence-electron chi connectivity index (χ4n) is 3.65. The summed E-state index contributed by atoms with van der Waals surface area (Å²) >= 11 is 0. The molecule has 0 unspecified atom stereocenters. The molecule has 1 aromatic heterocycles. The molecule has 0 aliphatic carbocycles. The van der Waals surface area contributed by atoms with Crippen LogP contribution in [0.5, 0.6) is 0 Å². The van der Waals surface area contributed by atoms with Crippen LogP contribution in [-0.2, 0) is 11.3 Å². The first-order valence-corrected chi connectivity index (χ1v) is 10.6. The van der Waals surface area contributed by atoms with Crippen molar-refractivity contribution in [1.82, 2.24) is 15.3 Å². The molecule has 9 heteroatoms. The molecule has 8 nitrogen and oxygen atoms in total. The normalized spacial score (nSPS) is 13.9. The van der Waals surface area contributed by atoms with Gasteiger partial charge in [-0.1, -0.05) is 6.07 Å². The molecule has 1 aliphatic rings. The molecule has 1 aliphatic heterocycles. The second-order valence-electron chi connectivity index (χ2n) is 7.58. The monoisotopic (exact) mass is 439 g/mol. The summed E-state index contributed by atoms with van der Waals surface area (Å²) in [6, 6.07) is 8.33. The van der Waals surface area contributed by atoms with Gasteiger partial charge in [-0.05, 0) is 36.8 Å². The Kier molecular flexibility index (Phi) is 6.77. The van der Waals surface area contributed by atoms with Crippen LogP contribution in [0.1, 0.15) is 21.5 Å². The molecule has 2 heterocycles. The van der Waals surface area contributed by atoms with E-state index in [1.165, 1.54) is 6.07 Å². The van der Waals surface area contributed by atoms with Crippen molar-refractivity contribution in [2.24, 2.45) is 0 Å². The van der Waals surface area contributed by atoms with Gasteiger partial charge >= 0.3 is 0 Å². The highest BCUT2D eigenvalue weighted by Crippen LogP contribution is 2.24. The number of aliphatic hydroxyl groups is 1. The SMILES string of the molecule is Cc1c(F)cccc1NCc1cc(C(=O)NCCO)cc2ncc(N3CCOCC3)nc12. The van der Waals surface area contributed by atoms with E-state index in [1.54, 1.807) is 31.3 Å². The zero-order valence-electron chi connectivity index (χ0n) is 17.9. The summed E-state index contributed by atoms with van der Waals surface area (Å²) in [4.78, 5) is 24.0. The Morgan fingerprint density at radius 2 is 2.09 bits per heavy atom. The third kappa shape index (κ3) is 4.79. The van der Waals surface area contributed by atoms with Gasteiger partial charge < -0.3 is 25.4 Å². The maximum absolute atomic E-state index is 14.0. The summed E-state index contributed by atoms with van der Waals surface area (Å²) in [5.41, 5.74) is 3.65. The van der Waals surface area contributed by atoms with Crippen LogP contribution in [0, 0.1) is 12.7 Å². The lowest BCUT2D eigenvalue weighted by atomic mass is 10.1. The summed E-state index contributed by atoms with van der Waals surface area (Å²) in [6.07, 6.45) is 1.71. The first-order valence-electron chi connectivity index (χ1n) is 10.6. The molecule has 3 N–H and O–H groups in total. The van der Waals surface area contributed by atoms with Crippen LogP contribution < -0.4 is 15.5 Å². The van der Waals surface area contributed by atoms with Gasteiger partial charge in [-0.25, -0.2) is 9.37 Å². The number of benzene rings is 2. The molecule has 168 valence electrons. The van der Waals surface area contributed by atoms with Crippen molar-refractivity contribution in [2.45, 2.75) is 13.5 Å². The molecule has 0 atom stereocenters. The molecule has 0 spiro atoms. The number of halogens is 1. The van der Waals surface area contributed by atoms with E-state index in [-0.39, 0.29) is 24.9 Å². The van der Waals surface area contributed by atoms with E-state index in [9.17, 15) is 9.18 Å². The standard InChI is InChI=1S/C23H26FN5O3/c1-15-18(24)3-2-4-19(15)26-13-17-11-16(23(31)25-5-8-30)12-20-22(17)28-21(14-27-20)29-6-9-32-10-7-29/h2-4,11-12,14,26,30H,5-10,13H2,1H3,(H,25,31). The van der Waals surface area contributed by atoms with Crippen LogP contribution in [0.25, 0.3) is 11.0 Å². The van der Waals surface area contributed by atoms with Gasteiger partial charge in [0.1, 0.15) is 11.6 Å². The van der Waals surface area contributed by atoms with Crippen molar-refractivity contribution in [3.8, 4) is 0 Å². The number of morpholine rings is 1. The average molecular weight is 439 g/mol. The Bertz CT molecular complexity index is 1120. The van der Waals surface area contributed by atoms with E-state index < -0.39 is 0 Å². The topological polar surface area (TPSA) is 99.6 Å². The van der Waals surface area contributed by atoms with Crippen molar-refractivity contribution in [2.75, 3.05) is 49.7 Å². The van der Waals surface area contributed by atoms with Gasteiger partial charge in [-0.3, -0.25) is 9.78 Å². The number of fused-ring (bicyclic) bond motifs is 1. The molecular weight excluding hydrogens is 413 g/mol. The Hall–Kier alpha value is -3.30. The molecule has 4 rings (SSSR count). The zero-order chi connectivity index (χ0) is 22.5. The highest BCUT2D eigenvalue weighted by Gasteiger charge is 2.17. The van der Waals surface area contributed by atoms with E-state index in [4.69, 9.17) is 14.8 Å². The molecule has 1 amide bonds. The quantitative estimate of drug-likeness (QED) is 0.519. The number of rotatable bonds is 7. The molecule has 0 radical (unpaired) electrons. The number of amides is 1. The number of nitrogens with one attached hydrogen (secondary N) is 2. The molecule has 1 saturated heterocycles. The summed E-state index contributed by atoms with van der Waals surface area (Å²) in [5, 5.41) is 14.9. The molecule has 3 aromatic rings. The summed E-state index contributed by atoms with van der Waals surface area (Å²) in [7, 11) is 0. The predicted molar refractivity (Wildman–Crippen MR) is 120 cm³/mol. The van der Waals surface area contributed by atoms with Gasteiger partial charge in [-0.2, -0.15) is 0 Å². The van der Waals surface area contributed by atoms with Crippen LogP contribution in [0.2, 0.25) is 0 Å². The number of nitrogens with zero attached hydrogens (tertiary/aromatic N) is 3. The second-order valence-corrected chi connectivity index (χ2v) is 7.58. The summed E-state index contributed by atoms with van der Waals surface area (Å²) in [6.45, 7) is 4.81. The maximum Gasteiger partial charge on any atom is 0.251 e. The summed E-state index contributed by atoms with van der Waals surface area (Å²) in [5.74, 6) is 0.163. The van der Waals surface area contributed by atoms with E-state index in [1.807, 2.05) is 6.07 Å². The van der Waals surface area contributed by atoms with Gasteiger partial charge in [-0.15, -0.1) is 0 Å². The molecular formula is C23H26FN5O3. The number of aromatic nitrogens is 2. The average Bonchev–Trinajstić information content (AvgIpc) is 2.83. The number of anilines is 2. The summed E-state index contributed by atoms with van der Waals surface area (Å²) < 4.78 is 19.4. The molecule has 0 saturated carbocycles. The lowest BCUT2D eigenvalue weighted by molar-refractivity contribution is 0.0944. The first-order chi connectivity index (χ1) is 15.6. The third-order valence-electron chi connectivity index (χ3n) is 5.45. The molecule has 32 heavy (non-hydrogen) atoms. The van der Waals surface area contributed by atoms with E-state index in [0.29, 0.717) is 47.6 Å². The molecule has 2 aromatic carbocycles. The molecule has 1 fully saturated rings. The van der Waals surface area contributed by atoms with Crippen LogP contribution in [-0.4, -0.2) is 60.4 Å². The van der Waals surface area contributed by atoms with Crippen LogP contribution in [0.3, 0.4) is 0 Å². The van der Waals surface area contributed by atoms with Crippen LogP contribution >= 0.6 is 0 Å². The number of carbonyl (C=O) groups excluding carboxylic acids is 1. The minimum atomic E-state index is -0.303. The van der Waals surface area contributed by atoms with Crippen molar-refractivity contribution in [3.63, 3.8) is 0 Å². The minimum absolute atomic E-state index is 0.144. The Morgan fingerprint density at radius 3 is 2.88 bits per heavy atom. The van der Waals surface area contributed by atoms with Gasteiger partial charge in [0.05, 0.1) is 37.1 Å². The van der Waals surface area contributed by atoms with Gasteiger partial charge in [0.15, 0.2) is 0 Å². The van der Waals surface area contributed by atoms with Gasteiger partial charge in [0.25, 0.3) is 5.91 Å². The van der Waals surface area contributed by atoms with Crippen molar-refractivity contribution >= 4 is 28.4 Å². The highest BCUT2D eigenvalue weighted by molar-refractivity contribution is 5.98. The van der Waals surface area contributed by atoms with Gasteiger partial charge in [0, 0.05) is 43.0 Å². The first kappa shape index (κ1) is 21.9. The lowest BCUT2D eigenvalue weighted by Crippen LogP contribution is -2.36. The van der Waals surface area contributed by atoms with Crippen molar-refractivity contribution in [3.05, 3.63) is 59.0 Å². The van der Waals surface area contributed by atoms with Crippen molar-refractivity contribution in [1.29, 1.82) is 0 Å². The fourth-order valence-corrected chi connectivity index (χ4v) is 3.65. The Morgan fingerprint density at radius 1 is 1.28 bits per heavy atom. The maximum atomic E-state index is 14.0. The van der Waals surface area contributed by atoms with E-state index in [2.05, 4.69) is 20.5 Å². The Balaban J connectivity index is 1.70. The lowest BCUT2D eigenvalue weighted by Gasteiger charge is -2.27. The number of aliphatic hydroxyl groups excluding tert-OH is 1. The van der Waals surface area contributed by atoms with E-state index in [0.717, 1.165) is 24.5 Å². The van der Waals surface area contributed by atoms with Crippen LogP contribution in [0.4, 0.5) is 15.9 Å². The van der Waals surface area contributed by atoms with Crippen LogP contribution in [0.15, 0.2) is 36.5 Å². The highest BCUT2D eigenvalue weighted by atomic mass is 19.1. The fraction of sp³-hybridized carbons (Fsp3) is 0.348. The van der Waals surface area contributed by atoms with Gasteiger partial charge in [0.2, 0.25) is 0 Å². The minimum Gasteiger partial charge on any atom is -0.395 e. The largest absolute Gasteiger partial charge is 0.395 e. The third-order valence-corrected chi connectivity index (χ3v) is 5.45.